The van der Waals surface area contributed by atoms with Crippen molar-refractivity contribution in [1.82, 2.24) is 19.7 Å². The molecule has 4 nitrogen and oxygen atoms in total. The molecular weight excluding hydrogens is 188 g/mol. The highest BCUT2D eigenvalue weighted by atomic mass is 15.3. The van der Waals surface area contributed by atoms with Crippen LogP contribution in [-0.2, 0) is 13.0 Å². The molecule has 3 heterocycles. The monoisotopic (exact) mass is 200 g/mol. The van der Waals surface area contributed by atoms with Gasteiger partial charge in [0.1, 0.15) is 5.82 Å². The van der Waals surface area contributed by atoms with Gasteiger partial charge in [-0.15, -0.1) is 10.2 Å². The van der Waals surface area contributed by atoms with Gasteiger partial charge in [-0.1, -0.05) is 0 Å². The molecule has 1 aliphatic heterocycles. The van der Waals surface area contributed by atoms with Crippen LogP contribution in [0, 0.1) is 0 Å². The molecule has 0 radical (unpaired) electrons. The lowest BCUT2D eigenvalue weighted by Gasteiger charge is -2.14. The Morgan fingerprint density at radius 3 is 3.07 bits per heavy atom. The summed E-state index contributed by atoms with van der Waals surface area (Å²) in [6, 6.07) is 3.96. The van der Waals surface area contributed by atoms with E-state index >= 15 is 0 Å². The van der Waals surface area contributed by atoms with E-state index in [2.05, 4.69) is 19.7 Å². The van der Waals surface area contributed by atoms with E-state index in [9.17, 15) is 0 Å². The molecule has 3 rings (SSSR count). The van der Waals surface area contributed by atoms with Crippen LogP contribution in [-0.4, -0.2) is 19.7 Å². The van der Waals surface area contributed by atoms with Crippen molar-refractivity contribution >= 4 is 0 Å². The van der Waals surface area contributed by atoms with Crippen molar-refractivity contribution in [3.8, 4) is 11.4 Å². The zero-order chi connectivity index (χ0) is 10.1. The molecule has 1 aliphatic rings. The van der Waals surface area contributed by atoms with E-state index < -0.39 is 0 Å². The Kier molecular flexibility index (Phi) is 1.98. The minimum absolute atomic E-state index is 0.956. The van der Waals surface area contributed by atoms with Crippen LogP contribution in [0.3, 0.4) is 0 Å². The number of fused-ring (bicyclic) bond motifs is 1. The lowest BCUT2D eigenvalue weighted by atomic mass is 10.1. The first-order valence-electron chi connectivity index (χ1n) is 5.27. The topological polar surface area (TPSA) is 43.6 Å². The molecule has 2 aromatic rings. The standard InChI is InChI=1S/C11H12N4/c1-2-7-15-10(5-1)13-14-11(15)9-4-3-6-12-8-9/h3-4,6,8H,1-2,5,7H2. The SMILES string of the molecule is c1cncc(-c2nnc3n2CCCC3)c1. The van der Waals surface area contributed by atoms with Gasteiger partial charge < -0.3 is 4.57 Å². The second kappa shape index (κ2) is 3.46. The average molecular weight is 200 g/mol. The summed E-state index contributed by atoms with van der Waals surface area (Å²) in [5.74, 6) is 2.07. The summed E-state index contributed by atoms with van der Waals surface area (Å²) in [5, 5.41) is 8.46. The van der Waals surface area contributed by atoms with Gasteiger partial charge in [-0.25, -0.2) is 0 Å². The highest BCUT2D eigenvalue weighted by Crippen LogP contribution is 2.21. The third kappa shape index (κ3) is 1.42. The van der Waals surface area contributed by atoms with E-state index in [0.29, 0.717) is 0 Å². The molecular formula is C11H12N4. The van der Waals surface area contributed by atoms with Crippen LogP contribution in [0.5, 0.6) is 0 Å². The summed E-state index contributed by atoms with van der Waals surface area (Å²) in [5.41, 5.74) is 1.05. The van der Waals surface area contributed by atoms with Crippen LogP contribution < -0.4 is 0 Å². The van der Waals surface area contributed by atoms with Crippen LogP contribution >= 0.6 is 0 Å². The molecule has 0 aromatic carbocycles. The Bertz CT molecular complexity index is 461. The first kappa shape index (κ1) is 8.59. The Hall–Kier alpha value is -1.71. The summed E-state index contributed by atoms with van der Waals surface area (Å²) in [4.78, 5) is 4.11. The Morgan fingerprint density at radius 2 is 2.20 bits per heavy atom. The summed E-state index contributed by atoms with van der Waals surface area (Å²) < 4.78 is 2.21. The van der Waals surface area contributed by atoms with Gasteiger partial charge in [-0.05, 0) is 25.0 Å². The molecule has 15 heavy (non-hydrogen) atoms. The van der Waals surface area contributed by atoms with E-state index in [-0.39, 0.29) is 0 Å². The molecule has 0 spiro atoms. The average Bonchev–Trinajstić information content (AvgIpc) is 2.74. The summed E-state index contributed by atoms with van der Waals surface area (Å²) in [6.45, 7) is 1.03. The number of aromatic nitrogens is 4. The number of hydrogen-bond donors (Lipinski definition) is 0. The molecule has 4 heteroatoms. The second-order valence-corrected chi connectivity index (χ2v) is 3.79. The van der Waals surface area contributed by atoms with Gasteiger partial charge in [0.2, 0.25) is 0 Å². The molecule has 0 fully saturated rings. The fourth-order valence-corrected chi connectivity index (χ4v) is 2.02. The first-order valence-corrected chi connectivity index (χ1v) is 5.27. The van der Waals surface area contributed by atoms with Gasteiger partial charge in [0.25, 0.3) is 0 Å². The summed E-state index contributed by atoms with van der Waals surface area (Å²) in [7, 11) is 0. The third-order valence-electron chi connectivity index (χ3n) is 2.78. The lowest BCUT2D eigenvalue weighted by molar-refractivity contribution is 0.526. The number of aryl methyl sites for hydroxylation is 1. The number of pyridine rings is 1. The highest BCUT2D eigenvalue weighted by molar-refractivity contribution is 5.53. The van der Waals surface area contributed by atoms with Gasteiger partial charge in [0, 0.05) is 30.9 Å². The molecule has 0 N–H and O–H groups in total. The molecule has 2 aromatic heterocycles. The third-order valence-corrected chi connectivity index (χ3v) is 2.78. The number of nitrogens with zero attached hydrogens (tertiary/aromatic N) is 4. The van der Waals surface area contributed by atoms with Crippen LogP contribution in [0.15, 0.2) is 24.5 Å². The molecule has 0 saturated heterocycles. The first-order chi connectivity index (χ1) is 7.45. The smallest absolute Gasteiger partial charge is 0.165 e. The fraction of sp³-hybridized carbons (Fsp3) is 0.364. The van der Waals surface area contributed by atoms with Crippen LogP contribution in [0.4, 0.5) is 0 Å². The van der Waals surface area contributed by atoms with Gasteiger partial charge in [-0.2, -0.15) is 0 Å². The molecule has 0 saturated carbocycles. The lowest BCUT2D eigenvalue weighted by Crippen LogP contribution is -2.11. The van der Waals surface area contributed by atoms with Crippen molar-refractivity contribution in [2.45, 2.75) is 25.8 Å². The number of rotatable bonds is 1. The molecule has 0 amide bonds. The zero-order valence-electron chi connectivity index (χ0n) is 8.43. The Morgan fingerprint density at radius 1 is 1.20 bits per heavy atom. The van der Waals surface area contributed by atoms with Crippen molar-refractivity contribution in [3.63, 3.8) is 0 Å². The van der Waals surface area contributed by atoms with E-state index in [0.717, 1.165) is 30.2 Å². The van der Waals surface area contributed by atoms with Gasteiger partial charge >= 0.3 is 0 Å². The largest absolute Gasteiger partial charge is 0.311 e. The maximum atomic E-state index is 4.24. The zero-order valence-corrected chi connectivity index (χ0v) is 8.43. The molecule has 76 valence electrons. The van der Waals surface area contributed by atoms with Crippen molar-refractivity contribution in [3.05, 3.63) is 30.4 Å². The summed E-state index contributed by atoms with van der Waals surface area (Å²) in [6.07, 6.45) is 7.11. The predicted octanol–water partition coefficient (Wildman–Crippen LogP) is 1.68. The van der Waals surface area contributed by atoms with Gasteiger partial charge in [0.15, 0.2) is 5.82 Å². The van der Waals surface area contributed by atoms with Gasteiger partial charge in [-0.3, -0.25) is 4.98 Å². The normalized spacial score (nSPS) is 14.9. The van der Waals surface area contributed by atoms with Crippen LogP contribution in [0.1, 0.15) is 18.7 Å². The quantitative estimate of drug-likeness (QED) is 0.703. The van der Waals surface area contributed by atoms with Crippen molar-refractivity contribution in [1.29, 1.82) is 0 Å². The van der Waals surface area contributed by atoms with Crippen molar-refractivity contribution in [2.75, 3.05) is 0 Å². The molecule has 0 atom stereocenters. The highest BCUT2D eigenvalue weighted by Gasteiger charge is 2.16. The van der Waals surface area contributed by atoms with Gasteiger partial charge in [0.05, 0.1) is 0 Å². The minimum Gasteiger partial charge on any atom is -0.311 e. The maximum Gasteiger partial charge on any atom is 0.165 e. The van der Waals surface area contributed by atoms with Crippen molar-refractivity contribution < 1.29 is 0 Å². The predicted molar refractivity (Wildman–Crippen MR) is 56.2 cm³/mol. The van der Waals surface area contributed by atoms with E-state index in [1.807, 2.05) is 18.3 Å². The Balaban J connectivity index is 2.09. The minimum atomic E-state index is 0.956. The molecule has 0 aliphatic carbocycles. The van der Waals surface area contributed by atoms with Crippen LogP contribution in [0.25, 0.3) is 11.4 Å². The van der Waals surface area contributed by atoms with E-state index in [4.69, 9.17) is 0 Å². The van der Waals surface area contributed by atoms with E-state index in [1.165, 1.54) is 12.8 Å². The fourth-order valence-electron chi connectivity index (χ4n) is 2.02. The maximum absolute atomic E-state index is 4.24. The molecule has 0 bridgehead atoms. The van der Waals surface area contributed by atoms with Crippen LogP contribution in [0.2, 0.25) is 0 Å². The number of hydrogen-bond acceptors (Lipinski definition) is 3. The summed E-state index contributed by atoms with van der Waals surface area (Å²) >= 11 is 0. The van der Waals surface area contributed by atoms with Crippen molar-refractivity contribution in [2.24, 2.45) is 0 Å². The second-order valence-electron chi connectivity index (χ2n) is 3.79. The van der Waals surface area contributed by atoms with E-state index in [1.54, 1.807) is 6.20 Å². The Labute approximate surface area is 88.0 Å². The molecule has 0 unspecified atom stereocenters.